The third-order valence-corrected chi connectivity index (χ3v) is 5.23. The van der Waals surface area contributed by atoms with E-state index in [4.69, 9.17) is 4.98 Å². The molecule has 0 spiro atoms. The molecule has 1 saturated carbocycles. The average Bonchev–Trinajstić information content (AvgIpc) is 3.38. The molecule has 25 heavy (non-hydrogen) atoms. The number of hydrogen-bond donors (Lipinski definition) is 1. The van der Waals surface area contributed by atoms with Crippen molar-refractivity contribution in [3.05, 3.63) is 69.0 Å². The Hall–Kier alpha value is -2.47. The van der Waals surface area contributed by atoms with E-state index < -0.39 is 0 Å². The molecular formula is C19H19FN4O. The van der Waals surface area contributed by atoms with Gasteiger partial charge in [0.2, 0.25) is 0 Å². The molecule has 3 aromatic rings. The number of rotatable bonds is 3. The molecule has 2 aromatic heterocycles. The Balaban J connectivity index is 1.48. The molecule has 6 heteroatoms. The number of aromatic amines is 1. The summed E-state index contributed by atoms with van der Waals surface area (Å²) in [6.07, 6.45) is 3.08. The monoisotopic (exact) mass is 338 g/mol. The van der Waals surface area contributed by atoms with E-state index in [9.17, 15) is 9.18 Å². The van der Waals surface area contributed by atoms with E-state index in [-0.39, 0.29) is 11.4 Å². The number of hydrogen-bond acceptors (Lipinski definition) is 3. The normalized spacial score (nSPS) is 17.8. The lowest BCUT2D eigenvalue weighted by Gasteiger charge is -2.27. The minimum absolute atomic E-state index is 0.0230. The summed E-state index contributed by atoms with van der Waals surface area (Å²) < 4.78 is 15.5. The van der Waals surface area contributed by atoms with Crippen molar-refractivity contribution >= 4 is 5.65 Å². The summed E-state index contributed by atoms with van der Waals surface area (Å²) in [4.78, 5) is 19.7. The zero-order valence-corrected chi connectivity index (χ0v) is 13.8. The highest BCUT2D eigenvalue weighted by Gasteiger charge is 2.27. The first-order valence-corrected chi connectivity index (χ1v) is 8.78. The molecular weight excluding hydrogens is 319 g/mol. The maximum atomic E-state index is 13.9. The van der Waals surface area contributed by atoms with E-state index in [1.807, 2.05) is 12.1 Å². The fourth-order valence-electron chi connectivity index (χ4n) is 3.66. The van der Waals surface area contributed by atoms with Gasteiger partial charge in [-0.1, -0.05) is 18.2 Å². The number of H-pyrrole nitrogens is 1. The molecule has 1 fully saturated rings. The van der Waals surface area contributed by atoms with Crippen LogP contribution in [0.5, 0.6) is 0 Å². The molecule has 128 valence electrons. The van der Waals surface area contributed by atoms with E-state index in [1.54, 1.807) is 16.6 Å². The van der Waals surface area contributed by atoms with Crippen molar-refractivity contribution in [2.24, 2.45) is 0 Å². The van der Waals surface area contributed by atoms with Crippen LogP contribution in [0.3, 0.4) is 0 Å². The molecule has 0 amide bonds. The minimum Gasteiger partial charge on any atom is -0.294 e. The number of halogens is 1. The molecule has 1 aliphatic heterocycles. The van der Waals surface area contributed by atoms with Crippen molar-refractivity contribution < 1.29 is 4.39 Å². The van der Waals surface area contributed by atoms with Gasteiger partial charge in [0, 0.05) is 49.3 Å². The predicted molar refractivity (Wildman–Crippen MR) is 92.0 cm³/mol. The van der Waals surface area contributed by atoms with Gasteiger partial charge in [-0.25, -0.2) is 13.9 Å². The fourth-order valence-corrected chi connectivity index (χ4v) is 3.66. The summed E-state index contributed by atoms with van der Waals surface area (Å²) in [5, 5.41) is 3.21. The van der Waals surface area contributed by atoms with Crippen LogP contribution in [0.4, 0.5) is 4.39 Å². The summed E-state index contributed by atoms with van der Waals surface area (Å²) in [7, 11) is 0. The van der Waals surface area contributed by atoms with Crippen LogP contribution in [-0.2, 0) is 19.5 Å². The SMILES string of the molecule is O=c1c2c(nc3cc(C4CC4)[nH]n13)CCN(Cc1ccccc1F)C2. The van der Waals surface area contributed by atoms with Gasteiger partial charge in [-0.3, -0.25) is 14.8 Å². The van der Waals surface area contributed by atoms with Crippen LogP contribution < -0.4 is 5.56 Å². The highest BCUT2D eigenvalue weighted by molar-refractivity contribution is 5.43. The Kier molecular flexibility index (Phi) is 3.28. The summed E-state index contributed by atoms with van der Waals surface area (Å²) in [5.74, 6) is 0.354. The van der Waals surface area contributed by atoms with Gasteiger partial charge in [-0.15, -0.1) is 0 Å². The van der Waals surface area contributed by atoms with Crippen molar-refractivity contribution in [3.8, 4) is 0 Å². The third kappa shape index (κ3) is 2.57. The van der Waals surface area contributed by atoms with Gasteiger partial charge >= 0.3 is 0 Å². The van der Waals surface area contributed by atoms with E-state index in [1.165, 1.54) is 18.9 Å². The third-order valence-electron chi connectivity index (χ3n) is 5.23. The first-order chi connectivity index (χ1) is 12.2. The smallest absolute Gasteiger partial charge is 0.277 e. The van der Waals surface area contributed by atoms with Crippen LogP contribution in [0.25, 0.3) is 5.65 Å². The second kappa shape index (κ2) is 5.52. The lowest BCUT2D eigenvalue weighted by Crippen LogP contribution is -2.36. The Labute approximate surface area is 144 Å². The van der Waals surface area contributed by atoms with E-state index >= 15 is 0 Å². The Morgan fingerprint density at radius 1 is 1.28 bits per heavy atom. The molecule has 0 saturated heterocycles. The molecule has 3 heterocycles. The molecule has 1 aromatic carbocycles. The van der Waals surface area contributed by atoms with E-state index in [0.717, 1.165) is 29.9 Å². The molecule has 5 nitrogen and oxygen atoms in total. The number of nitrogens with one attached hydrogen (secondary N) is 1. The highest BCUT2D eigenvalue weighted by atomic mass is 19.1. The molecule has 2 aliphatic rings. The maximum Gasteiger partial charge on any atom is 0.277 e. The quantitative estimate of drug-likeness (QED) is 0.799. The average molecular weight is 338 g/mol. The van der Waals surface area contributed by atoms with Gasteiger partial charge in [-0.2, -0.15) is 0 Å². The van der Waals surface area contributed by atoms with E-state index in [0.29, 0.717) is 30.2 Å². The second-order valence-corrected chi connectivity index (χ2v) is 7.07. The van der Waals surface area contributed by atoms with Gasteiger partial charge in [-0.05, 0) is 18.9 Å². The topological polar surface area (TPSA) is 53.4 Å². The Morgan fingerprint density at radius 2 is 2.12 bits per heavy atom. The number of benzene rings is 1. The van der Waals surface area contributed by atoms with Crippen molar-refractivity contribution in [1.82, 2.24) is 19.5 Å². The van der Waals surface area contributed by atoms with Crippen LogP contribution in [0.15, 0.2) is 35.1 Å². The first-order valence-electron chi connectivity index (χ1n) is 8.78. The zero-order chi connectivity index (χ0) is 17.0. The van der Waals surface area contributed by atoms with Crippen molar-refractivity contribution in [2.75, 3.05) is 6.54 Å². The van der Waals surface area contributed by atoms with Crippen LogP contribution >= 0.6 is 0 Å². The van der Waals surface area contributed by atoms with Crippen LogP contribution in [0.1, 0.15) is 41.3 Å². The number of aromatic nitrogens is 3. The lowest BCUT2D eigenvalue weighted by molar-refractivity contribution is 0.238. The molecule has 0 unspecified atom stereocenters. The summed E-state index contributed by atoms with van der Waals surface area (Å²) in [5.41, 5.74) is 4.07. The van der Waals surface area contributed by atoms with Crippen LogP contribution in [-0.4, -0.2) is 26.0 Å². The van der Waals surface area contributed by atoms with Gasteiger partial charge in [0.1, 0.15) is 5.82 Å². The molecule has 0 radical (unpaired) electrons. The fraction of sp³-hybridized carbons (Fsp3) is 0.368. The van der Waals surface area contributed by atoms with E-state index in [2.05, 4.69) is 10.00 Å². The summed E-state index contributed by atoms with van der Waals surface area (Å²) in [6.45, 7) is 1.80. The van der Waals surface area contributed by atoms with Gasteiger partial charge in [0.25, 0.3) is 5.56 Å². The Bertz CT molecular complexity index is 1020. The predicted octanol–water partition coefficient (Wildman–Crippen LogP) is 2.60. The van der Waals surface area contributed by atoms with Crippen molar-refractivity contribution in [3.63, 3.8) is 0 Å². The maximum absolute atomic E-state index is 13.9. The van der Waals surface area contributed by atoms with Gasteiger partial charge < -0.3 is 0 Å². The zero-order valence-electron chi connectivity index (χ0n) is 13.8. The van der Waals surface area contributed by atoms with Crippen molar-refractivity contribution in [1.29, 1.82) is 0 Å². The molecule has 0 atom stereocenters. The highest BCUT2D eigenvalue weighted by Crippen LogP contribution is 2.39. The largest absolute Gasteiger partial charge is 0.294 e. The van der Waals surface area contributed by atoms with Gasteiger partial charge in [0.05, 0.1) is 11.3 Å². The summed E-state index contributed by atoms with van der Waals surface area (Å²) >= 11 is 0. The Morgan fingerprint density at radius 3 is 2.92 bits per heavy atom. The molecule has 5 rings (SSSR count). The molecule has 0 bridgehead atoms. The standard InChI is InChI=1S/C19H19FN4O/c20-15-4-2-1-3-13(15)10-23-8-7-16-14(11-23)19(25)24-18(21-16)9-17(22-24)12-5-6-12/h1-4,9,12,22H,5-8,10-11H2. The molecule has 1 N–H and O–H groups in total. The van der Waals surface area contributed by atoms with Crippen molar-refractivity contribution in [2.45, 2.75) is 38.3 Å². The van der Waals surface area contributed by atoms with Crippen LogP contribution in [0, 0.1) is 5.82 Å². The number of nitrogens with zero attached hydrogens (tertiary/aromatic N) is 3. The van der Waals surface area contributed by atoms with Gasteiger partial charge in [0.15, 0.2) is 5.65 Å². The second-order valence-electron chi connectivity index (χ2n) is 7.07. The van der Waals surface area contributed by atoms with Crippen LogP contribution in [0.2, 0.25) is 0 Å². The summed E-state index contributed by atoms with van der Waals surface area (Å²) in [6, 6.07) is 8.82. The minimum atomic E-state index is -0.197. The first kappa shape index (κ1) is 14.8. The molecule has 1 aliphatic carbocycles. The number of fused-ring (bicyclic) bond motifs is 2. The lowest BCUT2D eigenvalue weighted by atomic mass is 10.1.